The first-order chi connectivity index (χ1) is 7.70. The van der Waals surface area contributed by atoms with Crippen molar-refractivity contribution in [3.05, 3.63) is 23.9 Å². The van der Waals surface area contributed by atoms with Crippen molar-refractivity contribution >= 4 is 5.82 Å². The number of hydrogen-bond donors (Lipinski definition) is 1. The van der Waals surface area contributed by atoms with Crippen LogP contribution in [0, 0.1) is 17.6 Å². The fourth-order valence-electron chi connectivity index (χ4n) is 2.05. The van der Waals surface area contributed by atoms with Crippen molar-refractivity contribution in [1.29, 1.82) is 0 Å². The summed E-state index contributed by atoms with van der Waals surface area (Å²) in [7, 11) is 0. The Morgan fingerprint density at radius 2 is 2.31 bits per heavy atom. The van der Waals surface area contributed by atoms with Crippen LogP contribution in [0.25, 0.3) is 0 Å². The molecule has 0 spiro atoms. The van der Waals surface area contributed by atoms with Crippen LogP contribution in [-0.4, -0.2) is 29.8 Å². The molecule has 16 heavy (non-hydrogen) atoms. The van der Waals surface area contributed by atoms with Gasteiger partial charge in [-0.25, -0.2) is 13.8 Å². The second kappa shape index (κ2) is 4.74. The lowest BCUT2D eigenvalue weighted by molar-refractivity contribution is 0.208. The molecule has 1 N–H and O–H groups in total. The summed E-state index contributed by atoms with van der Waals surface area (Å²) in [6.45, 7) is 1.37. The summed E-state index contributed by atoms with van der Waals surface area (Å²) < 4.78 is 26.2. The van der Waals surface area contributed by atoms with Gasteiger partial charge in [0, 0.05) is 25.8 Å². The minimum absolute atomic E-state index is 0.0965. The number of anilines is 1. The van der Waals surface area contributed by atoms with E-state index in [2.05, 4.69) is 4.98 Å². The summed E-state index contributed by atoms with van der Waals surface area (Å²) in [5.74, 6) is -0.977. The van der Waals surface area contributed by atoms with Crippen molar-refractivity contribution in [3.63, 3.8) is 0 Å². The maximum atomic E-state index is 13.5. The summed E-state index contributed by atoms with van der Waals surface area (Å²) in [6.07, 6.45) is 2.85. The molecule has 1 aromatic heterocycles. The van der Waals surface area contributed by atoms with E-state index in [0.717, 1.165) is 25.1 Å². The van der Waals surface area contributed by atoms with Crippen LogP contribution in [0.5, 0.6) is 0 Å². The van der Waals surface area contributed by atoms with Crippen molar-refractivity contribution in [2.24, 2.45) is 5.92 Å². The second-order valence-electron chi connectivity index (χ2n) is 4.10. The predicted molar refractivity (Wildman–Crippen MR) is 56.2 cm³/mol. The first-order valence-electron chi connectivity index (χ1n) is 5.37. The standard InChI is InChI=1S/C11H14F2N2O/c12-9-4-10(13)11(14-5-9)15-3-1-2-8(6-15)7-16/h4-5,8,16H,1-3,6-7H2. The monoisotopic (exact) mass is 228 g/mol. The predicted octanol–water partition coefficient (Wildman–Crippen LogP) is 1.57. The zero-order chi connectivity index (χ0) is 11.5. The maximum Gasteiger partial charge on any atom is 0.168 e. The number of aliphatic hydroxyl groups is 1. The lowest BCUT2D eigenvalue weighted by Gasteiger charge is -2.32. The summed E-state index contributed by atoms with van der Waals surface area (Å²) in [4.78, 5) is 5.53. The molecule has 1 fully saturated rings. The molecule has 0 saturated carbocycles. The largest absolute Gasteiger partial charge is 0.396 e. The number of halogens is 2. The molecule has 1 aromatic rings. The van der Waals surface area contributed by atoms with Crippen LogP contribution in [0.2, 0.25) is 0 Å². The van der Waals surface area contributed by atoms with E-state index in [9.17, 15) is 8.78 Å². The Balaban J connectivity index is 2.16. The van der Waals surface area contributed by atoms with Crippen LogP contribution < -0.4 is 4.90 Å². The Hall–Kier alpha value is -1.23. The molecule has 1 saturated heterocycles. The van der Waals surface area contributed by atoms with Crippen molar-refractivity contribution in [2.45, 2.75) is 12.8 Å². The van der Waals surface area contributed by atoms with E-state index >= 15 is 0 Å². The van der Waals surface area contributed by atoms with Gasteiger partial charge in [-0.1, -0.05) is 0 Å². The zero-order valence-corrected chi connectivity index (χ0v) is 8.87. The van der Waals surface area contributed by atoms with Crippen LogP contribution in [-0.2, 0) is 0 Å². The number of aliphatic hydroxyl groups excluding tert-OH is 1. The summed E-state index contributed by atoms with van der Waals surface area (Å²) >= 11 is 0. The third-order valence-corrected chi connectivity index (χ3v) is 2.87. The minimum atomic E-state index is -0.669. The second-order valence-corrected chi connectivity index (χ2v) is 4.10. The van der Waals surface area contributed by atoms with Gasteiger partial charge in [-0.3, -0.25) is 0 Å². The van der Waals surface area contributed by atoms with Crippen molar-refractivity contribution in [1.82, 2.24) is 4.98 Å². The van der Waals surface area contributed by atoms with Gasteiger partial charge in [-0.2, -0.15) is 0 Å². The number of aromatic nitrogens is 1. The first-order valence-corrected chi connectivity index (χ1v) is 5.37. The molecule has 0 radical (unpaired) electrons. The summed E-state index contributed by atoms with van der Waals surface area (Å²) in [5.41, 5.74) is 0. The van der Waals surface area contributed by atoms with Gasteiger partial charge < -0.3 is 10.0 Å². The average molecular weight is 228 g/mol. The molecule has 0 aromatic carbocycles. The molecule has 0 amide bonds. The van der Waals surface area contributed by atoms with Gasteiger partial charge in [0.15, 0.2) is 11.6 Å². The van der Waals surface area contributed by atoms with E-state index in [1.165, 1.54) is 0 Å². The lowest BCUT2D eigenvalue weighted by Crippen LogP contribution is -2.37. The van der Waals surface area contributed by atoms with Crippen LogP contribution >= 0.6 is 0 Å². The number of pyridine rings is 1. The van der Waals surface area contributed by atoms with Crippen LogP contribution in [0.1, 0.15) is 12.8 Å². The minimum Gasteiger partial charge on any atom is -0.396 e. The zero-order valence-electron chi connectivity index (χ0n) is 8.87. The van der Waals surface area contributed by atoms with Crippen LogP contribution in [0.15, 0.2) is 12.3 Å². The van der Waals surface area contributed by atoms with Gasteiger partial charge in [0.25, 0.3) is 0 Å². The highest BCUT2D eigenvalue weighted by Gasteiger charge is 2.22. The molecule has 88 valence electrons. The van der Waals surface area contributed by atoms with Gasteiger partial charge in [-0.05, 0) is 18.8 Å². The summed E-state index contributed by atoms with van der Waals surface area (Å²) in [6, 6.07) is 0.838. The quantitative estimate of drug-likeness (QED) is 0.834. The Morgan fingerprint density at radius 3 is 3.00 bits per heavy atom. The number of piperidine rings is 1. The molecular formula is C11H14F2N2O. The first kappa shape index (κ1) is 11.3. The Labute approximate surface area is 92.7 Å². The molecule has 1 aliphatic heterocycles. The third kappa shape index (κ3) is 2.29. The van der Waals surface area contributed by atoms with Crippen molar-refractivity contribution < 1.29 is 13.9 Å². The topological polar surface area (TPSA) is 36.4 Å². The smallest absolute Gasteiger partial charge is 0.168 e. The van der Waals surface area contributed by atoms with E-state index in [1.807, 2.05) is 0 Å². The van der Waals surface area contributed by atoms with Crippen LogP contribution in [0.3, 0.4) is 0 Å². The van der Waals surface area contributed by atoms with Gasteiger partial charge in [0.05, 0.1) is 6.20 Å². The lowest BCUT2D eigenvalue weighted by atomic mass is 9.99. The molecule has 2 rings (SSSR count). The van der Waals surface area contributed by atoms with E-state index in [0.29, 0.717) is 13.1 Å². The Kier molecular flexibility index (Phi) is 3.33. The number of rotatable bonds is 2. The van der Waals surface area contributed by atoms with Crippen molar-refractivity contribution in [2.75, 3.05) is 24.6 Å². The molecule has 5 heteroatoms. The third-order valence-electron chi connectivity index (χ3n) is 2.87. The fourth-order valence-corrected chi connectivity index (χ4v) is 2.05. The fraction of sp³-hybridized carbons (Fsp3) is 0.545. The molecule has 3 nitrogen and oxygen atoms in total. The normalized spacial score (nSPS) is 21.2. The van der Waals surface area contributed by atoms with Gasteiger partial charge in [0.1, 0.15) is 5.82 Å². The van der Waals surface area contributed by atoms with Crippen LogP contribution in [0.4, 0.5) is 14.6 Å². The molecule has 1 unspecified atom stereocenters. The van der Waals surface area contributed by atoms with Crippen molar-refractivity contribution in [3.8, 4) is 0 Å². The Bertz CT molecular complexity index is 373. The molecule has 2 heterocycles. The van der Waals surface area contributed by atoms with E-state index in [1.54, 1.807) is 4.90 Å². The summed E-state index contributed by atoms with van der Waals surface area (Å²) in [5, 5.41) is 9.07. The molecule has 0 bridgehead atoms. The Morgan fingerprint density at radius 1 is 1.50 bits per heavy atom. The highest BCUT2D eigenvalue weighted by atomic mass is 19.1. The number of nitrogens with zero attached hydrogens (tertiary/aromatic N) is 2. The maximum absolute atomic E-state index is 13.5. The molecule has 1 aliphatic rings. The number of hydrogen-bond acceptors (Lipinski definition) is 3. The van der Waals surface area contributed by atoms with E-state index in [-0.39, 0.29) is 18.3 Å². The highest BCUT2D eigenvalue weighted by Crippen LogP contribution is 2.23. The molecular weight excluding hydrogens is 214 g/mol. The van der Waals surface area contributed by atoms with E-state index < -0.39 is 11.6 Å². The highest BCUT2D eigenvalue weighted by molar-refractivity contribution is 5.40. The van der Waals surface area contributed by atoms with Gasteiger partial charge in [0.2, 0.25) is 0 Å². The SMILES string of the molecule is OCC1CCCN(c2ncc(F)cc2F)C1. The average Bonchev–Trinajstić information content (AvgIpc) is 2.29. The molecule has 1 atom stereocenters. The van der Waals surface area contributed by atoms with E-state index in [4.69, 9.17) is 5.11 Å². The molecule has 0 aliphatic carbocycles. The van der Waals surface area contributed by atoms with Gasteiger partial charge in [-0.15, -0.1) is 0 Å². The van der Waals surface area contributed by atoms with Gasteiger partial charge >= 0.3 is 0 Å².